The Hall–Kier alpha value is 0.340. The maximum Gasteiger partial charge on any atom is 0.0944 e. The van der Waals surface area contributed by atoms with Crippen molar-refractivity contribution in [2.75, 3.05) is 64.6 Å². The van der Waals surface area contributed by atoms with Crippen molar-refractivity contribution in [1.29, 1.82) is 0 Å². The second-order valence-corrected chi connectivity index (χ2v) is 6.63. The number of unbranched alkanes of at least 4 members (excludes halogenated alkanes) is 1. The molecule has 0 radical (unpaired) electrons. The maximum atomic E-state index is 8.62. The lowest BCUT2D eigenvalue weighted by molar-refractivity contribution is 0.0240. The van der Waals surface area contributed by atoms with Crippen molar-refractivity contribution in [3.8, 4) is 0 Å². The number of rotatable bonds is 8. The molecule has 0 bridgehead atoms. The molecule has 3 aliphatic heterocycles. The van der Waals surface area contributed by atoms with Gasteiger partial charge in [0, 0.05) is 39.6 Å². The van der Waals surface area contributed by atoms with E-state index < -0.39 is 0 Å². The quantitative estimate of drug-likeness (QED) is 0.358. The molecule has 0 aliphatic carbocycles. The van der Waals surface area contributed by atoms with Crippen molar-refractivity contribution in [2.24, 2.45) is 0 Å². The highest BCUT2D eigenvalue weighted by Crippen LogP contribution is 2.08. The third-order valence-corrected chi connectivity index (χ3v) is 4.20. The highest BCUT2D eigenvalue weighted by molar-refractivity contribution is 6.18. The largest absolute Gasteiger partial charge is 0.396 e. The van der Waals surface area contributed by atoms with Crippen molar-refractivity contribution >= 4 is 23.2 Å². The van der Waals surface area contributed by atoms with E-state index in [2.05, 4.69) is 0 Å². The molecule has 8 heteroatoms. The summed E-state index contributed by atoms with van der Waals surface area (Å²) in [5, 5.41) is 17.0. The monoisotopic (exact) mass is 418 g/mol. The molecule has 2 unspecified atom stereocenters. The van der Waals surface area contributed by atoms with Gasteiger partial charge in [-0.3, -0.25) is 0 Å². The molecule has 3 heterocycles. The van der Waals surface area contributed by atoms with Gasteiger partial charge in [-0.1, -0.05) is 0 Å². The lowest BCUT2D eigenvalue weighted by atomic mass is 10.3. The fourth-order valence-electron chi connectivity index (χ4n) is 1.79. The summed E-state index contributed by atoms with van der Waals surface area (Å²) in [4.78, 5) is 0. The Bertz CT molecular complexity index is 233. The molecule has 3 saturated heterocycles. The summed E-state index contributed by atoms with van der Waals surface area (Å²) in [6, 6.07) is 0. The highest BCUT2D eigenvalue weighted by atomic mass is 35.5. The molecule has 3 aliphatic rings. The third-order valence-electron chi connectivity index (χ3n) is 3.51. The van der Waals surface area contributed by atoms with E-state index in [4.69, 9.17) is 52.4 Å². The number of alkyl halides is 2. The molecule has 158 valence electrons. The molecule has 0 aromatic carbocycles. The van der Waals surface area contributed by atoms with Crippen molar-refractivity contribution in [3.63, 3.8) is 0 Å². The van der Waals surface area contributed by atoms with E-state index in [1.54, 1.807) is 0 Å². The molecule has 3 rings (SSSR count). The average molecular weight is 419 g/mol. The van der Waals surface area contributed by atoms with Crippen molar-refractivity contribution in [1.82, 2.24) is 0 Å². The fourth-order valence-corrected chi connectivity index (χ4v) is 2.15. The minimum Gasteiger partial charge on any atom is -0.396 e. The Morgan fingerprint density at radius 3 is 1.69 bits per heavy atom. The number of hydrogen-bond acceptors (Lipinski definition) is 6. The van der Waals surface area contributed by atoms with Crippen LogP contribution in [0.5, 0.6) is 0 Å². The lowest BCUT2D eigenvalue weighted by Gasteiger charge is -2.11. The Morgan fingerprint density at radius 1 is 0.923 bits per heavy atom. The molecule has 26 heavy (non-hydrogen) atoms. The van der Waals surface area contributed by atoms with Gasteiger partial charge in [-0.05, 0) is 38.5 Å². The van der Waals surface area contributed by atoms with Gasteiger partial charge in [0.1, 0.15) is 0 Å². The normalized spacial score (nSPS) is 21.5. The van der Waals surface area contributed by atoms with E-state index in [-0.39, 0.29) is 19.3 Å². The molecule has 0 amide bonds. The van der Waals surface area contributed by atoms with Gasteiger partial charge in [-0.2, -0.15) is 0 Å². The summed E-state index contributed by atoms with van der Waals surface area (Å²) in [5.41, 5.74) is 0. The first-order valence-corrected chi connectivity index (χ1v) is 10.6. The van der Waals surface area contributed by atoms with Gasteiger partial charge in [0.15, 0.2) is 0 Å². The number of aliphatic hydroxyl groups excluding tert-OH is 2. The van der Waals surface area contributed by atoms with Crippen LogP contribution in [0.2, 0.25) is 0 Å². The average Bonchev–Trinajstić information content (AvgIpc) is 3.15. The van der Waals surface area contributed by atoms with Gasteiger partial charge in [0.05, 0.1) is 37.2 Å². The summed E-state index contributed by atoms with van der Waals surface area (Å²) in [6.07, 6.45) is 6.80. The molecule has 2 atom stereocenters. The van der Waals surface area contributed by atoms with E-state index in [0.29, 0.717) is 24.5 Å². The number of ether oxygens (including phenoxy) is 4. The van der Waals surface area contributed by atoms with E-state index in [0.717, 1.165) is 45.9 Å². The summed E-state index contributed by atoms with van der Waals surface area (Å²) in [5.74, 6) is 0.982. The van der Waals surface area contributed by atoms with E-state index >= 15 is 0 Å². The van der Waals surface area contributed by atoms with E-state index in [9.17, 15) is 0 Å². The third kappa shape index (κ3) is 20.6. The van der Waals surface area contributed by atoms with Gasteiger partial charge in [-0.15, -0.1) is 23.2 Å². The predicted octanol–water partition coefficient (Wildman–Crippen LogP) is 2.59. The number of halogens is 2. The minimum absolute atomic E-state index is 0.0391. The van der Waals surface area contributed by atoms with Gasteiger partial charge in [0.25, 0.3) is 0 Å². The van der Waals surface area contributed by atoms with Gasteiger partial charge in [0.2, 0.25) is 0 Å². The first-order valence-electron chi connectivity index (χ1n) is 9.50. The summed E-state index contributed by atoms with van der Waals surface area (Å²) in [6.45, 7) is 5.58. The molecule has 3 fully saturated rings. The second kappa shape index (κ2) is 21.6. The highest BCUT2D eigenvalue weighted by Gasteiger charge is 2.19. The van der Waals surface area contributed by atoms with Crippen molar-refractivity contribution in [3.05, 3.63) is 0 Å². The minimum atomic E-state index is -0.254. The fraction of sp³-hybridized carbons (Fsp3) is 1.00. The van der Waals surface area contributed by atoms with Crippen LogP contribution in [0, 0.1) is 0 Å². The van der Waals surface area contributed by atoms with Crippen LogP contribution in [0.4, 0.5) is 0 Å². The van der Waals surface area contributed by atoms with E-state index in [1.807, 2.05) is 0 Å². The van der Waals surface area contributed by atoms with Crippen LogP contribution in [0.15, 0.2) is 0 Å². The zero-order valence-electron chi connectivity index (χ0n) is 15.8. The Kier molecular flexibility index (Phi) is 21.9. The van der Waals surface area contributed by atoms with E-state index in [1.165, 1.54) is 25.7 Å². The zero-order valence-corrected chi connectivity index (χ0v) is 17.3. The second-order valence-electron chi connectivity index (χ2n) is 6.01. The van der Waals surface area contributed by atoms with Crippen molar-refractivity contribution < 1.29 is 29.2 Å². The van der Waals surface area contributed by atoms with Crippen LogP contribution >= 0.6 is 23.2 Å². The molecule has 6 nitrogen and oxygen atoms in total. The molecule has 0 saturated carbocycles. The molecule has 2 N–H and O–H groups in total. The van der Waals surface area contributed by atoms with Crippen LogP contribution in [0.25, 0.3) is 0 Å². The SMILES string of the molecule is C1CCOC1.C1CCOC1.ClCC1CO1.OCCCCOC(CO)CCl. The lowest BCUT2D eigenvalue weighted by Crippen LogP contribution is -2.20. The van der Waals surface area contributed by atoms with Crippen molar-refractivity contribution in [2.45, 2.75) is 50.7 Å². The summed E-state index contributed by atoms with van der Waals surface area (Å²) < 4.78 is 19.8. The number of epoxide rings is 1. The van der Waals surface area contributed by atoms with Gasteiger partial charge >= 0.3 is 0 Å². The Balaban J connectivity index is 0.000000345. The van der Waals surface area contributed by atoms with Crippen LogP contribution < -0.4 is 0 Å². The topological polar surface area (TPSA) is 80.7 Å². The molecule has 0 aromatic heterocycles. The van der Waals surface area contributed by atoms with Gasteiger partial charge < -0.3 is 29.2 Å². The van der Waals surface area contributed by atoms with Crippen LogP contribution in [-0.2, 0) is 18.9 Å². The van der Waals surface area contributed by atoms with Gasteiger partial charge in [-0.25, -0.2) is 0 Å². The first kappa shape index (κ1) is 26.3. The van der Waals surface area contributed by atoms with Crippen LogP contribution in [0.1, 0.15) is 38.5 Å². The van der Waals surface area contributed by atoms with Crippen LogP contribution in [0.3, 0.4) is 0 Å². The maximum absolute atomic E-state index is 8.62. The zero-order chi connectivity index (χ0) is 19.3. The predicted molar refractivity (Wildman–Crippen MR) is 104 cm³/mol. The molecular formula is C18H36Cl2O6. The first-order chi connectivity index (χ1) is 12.8. The summed E-state index contributed by atoms with van der Waals surface area (Å²) in [7, 11) is 0. The molecule has 0 aromatic rings. The summed E-state index contributed by atoms with van der Waals surface area (Å²) >= 11 is 10.7. The number of aliphatic hydroxyl groups is 2. The molecule has 0 spiro atoms. The smallest absolute Gasteiger partial charge is 0.0944 e. The number of hydrogen-bond donors (Lipinski definition) is 2. The Labute approximate surface area is 168 Å². The van der Waals surface area contributed by atoms with Crippen LogP contribution in [-0.4, -0.2) is 87.0 Å². The standard InChI is InChI=1S/C7H15ClO3.2C4H8O.C3H5ClO/c8-5-7(6-10)11-4-2-1-3-9;2*1-2-4-5-3-1;4-1-3-2-5-3/h7,9-10H,1-6H2;2*1-4H2;3H,1-2H2. The Morgan fingerprint density at radius 2 is 1.46 bits per heavy atom. The molecular weight excluding hydrogens is 383 g/mol.